The van der Waals surface area contributed by atoms with Crippen LogP contribution < -0.4 is 27.1 Å². The van der Waals surface area contributed by atoms with Crippen LogP contribution in [0, 0.1) is 12.3 Å². The molecule has 0 saturated carbocycles. The molecule has 0 saturated heterocycles. The van der Waals surface area contributed by atoms with E-state index >= 15 is 0 Å². The topological polar surface area (TPSA) is 155 Å². The molecule has 0 aromatic carbocycles. The molecular formula is C21H29N5O5S. The summed E-state index contributed by atoms with van der Waals surface area (Å²) < 4.78 is 10.6. The smallest absolute Gasteiger partial charge is 0.339 e. The maximum absolute atomic E-state index is 13.0. The van der Waals surface area contributed by atoms with E-state index in [9.17, 15) is 9.59 Å². The molecule has 11 heteroatoms. The first-order valence-corrected chi connectivity index (χ1v) is 11.2. The lowest BCUT2D eigenvalue weighted by molar-refractivity contribution is -0.126. The number of oxime groups is 1. The van der Waals surface area contributed by atoms with E-state index in [1.165, 1.54) is 23.9 Å². The van der Waals surface area contributed by atoms with E-state index in [1.807, 2.05) is 6.92 Å². The summed E-state index contributed by atoms with van der Waals surface area (Å²) in [4.78, 5) is 34.5. The molecular weight excluding hydrogens is 434 g/mol. The first-order valence-electron chi connectivity index (χ1n) is 10.2. The van der Waals surface area contributed by atoms with Crippen molar-refractivity contribution < 1.29 is 18.8 Å². The number of rotatable bonds is 12. The van der Waals surface area contributed by atoms with Gasteiger partial charge in [-0.2, -0.15) is 0 Å². The lowest BCUT2D eigenvalue weighted by atomic mass is 10.1. The normalized spacial score (nSPS) is 19.1. The highest BCUT2D eigenvalue weighted by Gasteiger charge is 2.41. The molecule has 1 amide bonds. The number of amides is 1. The molecule has 2 atom stereocenters. The molecule has 1 aromatic heterocycles. The summed E-state index contributed by atoms with van der Waals surface area (Å²) in [5.74, 6) is 2.60. The van der Waals surface area contributed by atoms with Gasteiger partial charge in [-0.05, 0) is 26.3 Å². The minimum atomic E-state index is -1.49. The molecule has 1 aromatic rings. The van der Waals surface area contributed by atoms with Gasteiger partial charge in [0.1, 0.15) is 35.5 Å². The van der Waals surface area contributed by atoms with Gasteiger partial charge in [0.25, 0.3) is 5.91 Å². The van der Waals surface area contributed by atoms with Crippen LogP contribution in [0.2, 0.25) is 0 Å². The molecule has 0 spiro atoms. The van der Waals surface area contributed by atoms with E-state index < -0.39 is 23.2 Å². The fourth-order valence-electron chi connectivity index (χ4n) is 2.77. The van der Waals surface area contributed by atoms with Gasteiger partial charge >= 0.3 is 5.63 Å². The number of terminal acetylenes is 1. The molecule has 0 bridgehead atoms. The maximum Gasteiger partial charge on any atom is 0.339 e. The summed E-state index contributed by atoms with van der Waals surface area (Å²) in [6.07, 6.45) is 7.12. The molecule has 5 N–H and O–H groups in total. The van der Waals surface area contributed by atoms with Crippen LogP contribution in [0.3, 0.4) is 0 Å². The van der Waals surface area contributed by atoms with Gasteiger partial charge in [-0.1, -0.05) is 24.4 Å². The van der Waals surface area contributed by atoms with Crippen molar-refractivity contribution in [1.29, 1.82) is 0 Å². The lowest BCUT2D eigenvalue weighted by Crippen LogP contribution is -2.54. The Labute approximate surface area is 191 Å². The molecule has 2 rings (SSSR count). The third-order valence-corrected chi connectivity index (χ3v) is 5.63. The molecule has 174 valence electrons. The Morgan fingerprint density at radius 1 is 1.53 bits per heavy atom. The van der Waals surface area contributed by atoms with Gasteiger partial charge in [-0.25, -0.2) is 9.79 Å². The molecule has 32 heavy (non-hydrogen) atoms. The number of hydrogen-bond donors (Lipinski definition) is 3. The van der Waals surface area contributed by atoms with Crippen molar-refractivity contribution in [2.75, 3.05) is 25.5 Å². The molecule has 1 aliphatic rings. The number of hydrogen-bond acceptors (Lipinski definition) is 10. The van der Waals surface area contributed by atoms with E-state index in [-0.39, 0.29) is 23.9 Å². The molecule has 10 nitrogen and oxygen atoms in total. The zero-order valence-corrected chi connectivity index (χ0v) is 19.1. The Morgan fingerprint density at radius 3 is 3.00 bits per heavy atom. The van der Waals surface area contributed by atoms with Gasteiger partial charge in [0, 0.05) is 11.8 Å². The largest absolute Gasteiger partial charge is 0.481 e. The van der Waals surface area contributed by atoms with Crippen molar-refractivity contribution in [2.45, 2.75) is 44.8 Å². The van der Waals surface area contributed by atoms with Crippen LogP contribution >= 0.6 is 11.8 Å². The van der Waals surface area contributed by atoms with Gasteiger partial charge < -0.3 is 25.0 Å². The number of carbonyl (C=O) groups excluding carboxylic acids is 1. The minimum Gasteiger partial charge on any atom is -0.481 e. The Hall–Kier alpha value is -2.81. The van der Waals surface area contributed by atoms with Gasteiger partial charge in [-0.15, -0.1) is 18.2 Å². The van der Waals surface area contributed by atoms with Gasteiger partial charge in [-0.3, -0.25) is 10.5 Å². The molecule has 1 aliphatic heterocycles. The fourth-order valence-corrected chi connectivity index (χ4v) is 3.79. The zero-order valence-electron chi connectivity index (χ0n) is 18.3. The maximum atomic E-state index is 13.0. The van der Waals surface area contributed by atoms with Crippen molar-refractivity contribution in [1.82, 2.24) is 5.32 Å². The van der Waals surface area contributed by atoms with Crippen LogP contribution in [-0.4, -0.2) is 47.8 Å². The third kappa shape index (κ3) is 7.12. The number of aliphatic imine (C=N–C) groups is 1. The lowest BCUT2D eigenvalue weighted by Gasteiger charge is -2.24. The predicted molar refractivity (Wildman–Crippen MR) is 125 cm³/mol. The average Bonchev–Trinajstić information content (AvgIpc) is 3.18. The number of thioether (sulfide) groups is 1. The minimum absolute atomic E-state index is 0.00512. The van der Waals surface area contributed by atoms with Crippen LogP contribution in [0.25, 0.3) is 0 Å². The van der Waals surface area contributed by atoms with Crippen LogP contribution in [0.15, 0.2) is 31.5 Å². The van der Waals surface area contributed by atoms with Crippen molar-refractivity contribution >= 4 is 28.4 Å². The molecule has 0 unspecified atom stereocenters. The first kappa shape index (κ1) is 25.5. The van der Waals surface area contributed by atoms with E-state index in [1.54, 1.807) is 6.92 Å². The van der Waals surface area contributed by atoms with Crippen molar-refractivity contribution in [3.8, 4) is 18.1 Å². The van der Waals surface area contributed by atoms with Crippen LogP contribution in [0.1, 0.15) is 44.9 Å². The van der Waals surface area contributed by atoms with Crippen LogP contribution in [0.5, 0.6) is 5.75 Å². The number of nitrogens with zero attached hydrogens (tertiary/aromatic N) is 2. The Morgan fingerprint density at radius 2 is 2.31 bits per heavy atom. The molecule has 2 heterocycles. The van der Waals surface area contributed by atoms with E-state index in [4.69, 9.17) is 31.9 Å². The molecule has 0 aliphatic carbocycles. The highest BCUT2D eigenvalue weighted by atomic mass is 32.2. The van der Waals surface area contributed by atoms with Gasteiger partial charge in [0.05, 0.1) is 12.1 Å². The first-order chi connectivity index (χ1) is 15.3. The molecule has 0 fully saturated rings. The van der Waals surface area contributed by atoms with E-state index in [2.05, 4.69) is 21.4 Å². The number of carbonyl (C=O) groups is 1. The standard InChI is InChI=1S/C21H29N5O5S/c1-4-7-16(17-11-15(29-9-5-2)12-18(27)31-17)24-20(28)21(23)13-32-19(25-21)14(3)26-30-10-6-8-22/h2,11-12,16H,4,6-10,13,22-23H2,1,3H3,(H,24,28)/b26-14+/t16-,21+/m1/s1. The highest BCUT2D eigenvalue weighted by molar-refractivity contribution is 8.16. The number of ether oxygens (including phenoxy) is 1. The highest BCUT2D eigenvalue weighted by Crippen LogP contribution is 2.27. The SMILES string of the molecule is C#CCOc1cc([C@@H](CCC)NC(=O)[C@]2(N)CSC(/C(C)=N/OCCCN)=N2)oc(=O)c1. The second-order valence-electron chi connectivity index (χ2n) is 7.10. The zero-order chi connectivity index (χ0) is 23.6. The summed E-state index contributed by atoms with van der Waals surface area (Å²) in [6, 6.07) is 2.14. The summed E-state index contributed by atoms with van der Waals surface area (Å²) in [6.45, 7) is 4.59. The summed E-state index contributed by atoms with van der Waals surface area (Å²) in [5, 5.41) is 7.37. The van der Waals surface area contributed by atoms with Crippen molar-refractivity contribution in [3.05, 3.63) is 28.3 Å². The fraction of sp³-hybridized carbons (Fsp3) is 0.524. The second kappa shape index (κ2) is 12.3. The van der Waals surface area contributed by atoms with Crippen molar-refractivity contribution in [3.63, 3.8) is 0 Å². The quantitative estimate of drug-likeness (QED) is 0.180. The van der Waals surface area contributed by atoms with Crippen LogP contribution in [0.4, 0.5) is 0 Å². The monoisotopic (exact) mass is 463 g/mol. The van der Waals surface area contributed by atoms with Crippen molar-refractivity contribution in [2.24, 2.45) is 21.6 Å². The molecule has 0 radical (unpaired) electrons. The Kier molecular flexibility index (Phi) is 9.77. The number of nitrogens with two attached hydrogens (primary N) is 2. The average molecular weight is 464 g/mol. The third-order valence-electron chi connectivity index (χ3n) is 4.39. The summed E-state index contributed by atoms with van der Waals surface area (Å²) in [5.41, 5.74) is 10.1. The van der Waals surface area contributed by atoms with Crippen LogP contribution in [-0.2, 0) is 9.63 Å². The summed E-state index contributed by atoms with van der Waals surface area (Å²) in [7, 11) is 0. The van der Waals surface area contributed by atoms with Gasteiger partial charge in [0.2, 0.25) is 0 Å². The Bertz CT molecular complexity index is 955. The predicted octanol–water partition coefficient (Wildman–Crippen LogP) is 1.15. The number of nitrogens with one attached hydrogen (secondary N) is 1. The summed E-state index contributed by atoms with van der Waals surface area (Å²) >= 11 is 1.32. The second-order valence-corrected chi connectivity index (χ2v) is 8.07. The van der Waals surface area contributed by atoms with Gasteiger partial charge in [0.15, 0.2) is 5.66 Å². The Balaban J connectivity index is 2.16. The van der Waals surface area contributed by atoms with E-state index in [0.29, 0.717) is 36.7 Å². The van der Waals surface area contributed by atoms with E-state index in [0.717, 1.165) is 6.42 Å².